The highest BCUT2D eigenvalue weighted by Gasteiger charge is 2.33. The van der Waals surface area contributed by atoms with E-state index >= 15 is 0 Å². The van der Waals surface area contributed by atoms with Crippen molar-refractivity contribution in [2.24, 2.45) is 0 Å². The van der Waals surface area contributed by atoms with Crippen molar-refractivity contribution < 1.29 is 19.0 Å². The number of ether oxygens (including phenoxy) is 1. The van der Waals surface area contributed by atoms with E-state index in [-0.39, 0.29) is 6.61 Å². The summed E-state index contributed by atoms with van der Waals surface area (Å²) in [6.45, 7) is 0.125. The largest absolute Gasteiger partial charge is 0.458 e. The van der Waals surface area contributed by atoms with E-state index in [2.05, 4.69) is 0 Å². The third kappa shape index (κ3) is 3.32. The molecule has 1 aromatic rings. The molecule has 0 heterocycles. The number of alkyl halides is 1. The van der Waals surface area contributed by atoms with Gasteiger partial charge in [0.2, 0.25) is 5.67 Å². The second-order valence-electron chi connectivity index (χ2n) is 3.42. The van der Waals surface area contributed by atoms with Crippen molar-refractivity contribution in [3.8, 4) is 0 Å². The lowest BCUT2D eigenvalue weighted by Crippen LogP contribution is -2.35. The van der Waals surface area contributed by atoms with Gasteiger partial charge in [-0.15, -0.1) is 0 Å². The molecule has 1 N–H and O–H groups in total. The first-order valence-electron chi connectivity index (χ1n) is 4.57. The van der Waals surface area contributed by atoms with Gasteiger partial charge in [-0.3, -0.25) is 0 Å². The molecule has 4 heteroatoms. The second-order valence-corrected chi connectivity index (χ2v) is 3.42. The normalized spacial score (nSPS) is 14.3. The molecular weight excluding hydrogens is 199 g/mol. The van der Waals surface area contributed by atoms with Crippen LogP contribution in [0.3, 0.4) is 0 Å². The average molecular weight is 212 g/mol. The average Bonchev–Trinajstić information content (AvgIpc) is 2.27. The molecule has 0 aliphatic carbocycles. The zero-order valence-corrected chi connectivity index (χ0v) is 8.44. The maximum absolute atomic E-state index is 13.2. The molecule has 0 spiro atoms. The van der Waals surface area contributed by atoms with Crippen molar-refractivity contribution in [3.05, 3.63) is 35.9 Å². The predicted molar refractivity (Wildman–Crippen MR) is 52.8 cm³/mol. The molecule has 0 saturated heterocycles. The summed E-state index contributed by atoms with van der Waals surface area (Å²) >= 11 is 0. The molecule has 0 amide bonds. The Kier molecular flexibility index (Phi) is 3.80. The number of hydrogen-bond donors (Lipinski definition) is 1. The van der Waals surface area contributed by atoms with Crippen LogP contribution < -0.4 is 0 Å². The molecule has 82 valence electrons. The summed E-state index contributed by atoms with van der Waals surface area (Å²) in [5, 5.41) is 8.59. The van der Waals surface area contributed by atoms with Crippen LogP contribution in [0.2, 0.25) is 0 Å². The number of hydrogen-bond acceptors (Lipinski definition) is 3. The molecule has 0 radical (unpaired) electrons. The number of aliphatic hydroxyl groups is 1. The van der Waals surface area contributed by atoms with E-state index in [4.69, 9.17) is 9.84 Å². The highest BCUT2D eigenvalue weighted by atomic mass is 19.1. The van der Waals surface area contributed by atoms with Crippen molar-refractivity contribution in [1.29, 1.82) is 0 Å². The van der Waals surface area contributed by atoms with Gasteiger partial charge >= 0.3 is 5.97 Å². The molecule has 0 bridgehead atoms. The molecule has 0 aromatic heterocycles. The Morgan fingerprint density at radius 3 is 2.60 bits per heavy atom. The summed E-state index contributed by atoms with van der Waals surface area (Å²) < 4.78 is 17.9. The van der Waals surface area contributed by atoms with Gasteiger partial charge in [-0.2, -0.15) is 0 Å². The molecule has 1 aromatic carbocycles. The Labute approximate surface area is 87.5 Å². The minimum Gasteiger partial charge on any atom is -0.458 e. The van der Waals surface area contributed by atoms with Gasteiger partial charge in [0.1, 0.15) is 6.61 Å². The van der Waals surface area contributed by atoms with E-state index in [9.17, 15) is 9.18 Å². The first-order chi connectivity index (χ1) is 7.06. The molecule has 3 nitrogen and oxygen atoms in total. The van der Waals surface area contributed by atoms with Gasteiger partial charge in [0.15, 0.2) is 0 Å². The number of halogens is 1. The first-order valence-corrected chi connectivity index (χ1v) is 4.57. The number of carbonyl (C=O) groups is 1. The van der Waals surface area contributed by atoms with Gasteiger partial charge in [0, 0.05) is 0 Å². The van der Waals surface area contributed by atoms with Crippen LogP contribution in [-0.4, -0.2) is 23.4 Å². The van der Waals surface area contributed by atoms with Crippen molar-refractivity contribution in [2.75, 3.05) is 6.61 Å². The van der Waals surface area contributed by atoms with E-state index < -0.39 is 18.2 Å². The molecule has 0 aliphatic rings. The topological polar surface area (TPSA) is 46.5 Å². The monoisotopic (exact) mass is 212 g/mol. The zero-order valence-electron chi connectivity index (χ0n) is 8.44. The molecular formula is C11H13FO3. The summed E-state index contributed by atoms with van der Waals surface area (Å²) in [7, 11) is 0. The fourth-order valence-corrected chi connectivity index (χ4v) is 0.938. The van der Waals surface area contributed by atoms with Crippen LogP contribution in [0.4, 0.5) is 4.39 Å². The van der Waals surface area contributed by atoms with Gasteiger partial charge in [0.25, 0.3) is 0 Å². The summed E-state index contributed by atoms with van der Waals surface area (Å²) in [4.78, 5) is 11.1. The molecule has 0 saturated carbocycles. The van der Waals surface area contributed by atoms with Crippen LogP contribution in [0.1, 0.15) is 12.5 Å². The maximum atomic E-state index is 13.2. The third-order valence-corrected chi connectivity index (χ3v) is 1.94. The fraction of sp³-hybridized carbons (Fsp3) is 0.364. The Hall–Kier alpha value is -1.42. The Morgan fingerprint density at radius 2 is 2.07 bits per heavy atom. The summed E-state index contributed by atoms with van der Waals surface area (Å²) in [5.74, 6) is -1.05. The molecule has 1 rings (SSSR count). The van der Waals surface area contributed by atoms with Crippen molar-refractivity contribution in [3.63, 3.8) is 0 Å². The number of rotatable bonds is 4. The van der Waals surface area contributed by atoms with Crippen LogP contribution in [-0.2, 0) is 16.1 Å². The van der Waals surface area contributed by atoms with Crippen molar-refractivity contribution in [2.45, 2.75) is 19.2 Å². The van der Waals surface area contributed by atoms with Crippen LogP contribution in [0.25, 0.3) is 0 Å². The Bertz CT molecular complexity index is 322. The third-order valence-electron chi connectivity index (χ3n) is 1.94. The lowest BCUT2D eigenvalue weighted by atomic mass is 10.1. The standard InChI is InChI=1S/C11H13FO3/c1-11(12,8-13)10(14)15-7-9-5-3-2-4-6-9/h2-6,13H,7-8H2,1H3. The van der Waals surface area contributed by atoms with Gasteiger partial charge in [0.05, 0.1) is 6.61 Å². The molecule has 15 heavy (non-hydrogen) atoms. The molecule has 0 aliphatic heterocycles. The second kappa shape index (κ2) is 4.89. The number of carbonyl (C=O) groups excluding carboxylic acids is 1. The number of aliphatic hydroxyl groups excluding tert-OH is 1. The highest BCUT2D eigenvalue weighted by Crippen LogP contribution is 2.12. The van der Waals surface area contributed by atoms with E-state index in [1.165, 1.54) is 0 Å². The fourth-order valence-electron chi connectivity index (χ4n) is 0.938. The molecule has 0 fully saturated rings. The predicted octanol–water partition coefficient (Wildman–Crippen LogP) is 1.45. The van der Waals surface area contributed by atoms with Crippen LogP contribution in [0.15, 0.2) is 30.3 Å². The lowest BCUT2D eigenvalue weighted by molar-refractivity contribution is -0.160. The van der Waals surface area contributed by atoms with Gasteiger partial charge < -0.3 is 9.84 Å². The van der Waals surface area contributed by atoms with Crippen molar-refractivity contribution >= 4 is 5.97 Å². The SMILES string of the molecule is CC(F)(CO)C(=O)OCc1ccccc1. The Morgan fingerprint density at radius 1 is 1.47 bits per heavy atom. The van der Waals surface area contributed by atoms with Crippen LogP contribution in [0, 0.1) is 0 Å². The number of benzene rings is 1. The van der Waals surface area contributed by atoms with Gasteiger partial charge in [-0.1, -0.05) is 30.3 Å². The molecule has 1 unspecified atom stereocenters. The van der Waals surface area contributed by atoms with Crippen LogP contribution in [0.5, 0.6) is 0 Å². The van der Waals surface area contributed by atoms with Gasteiger partial charge in [-0.05, 0) is 12.5 Å². The highest BCUT2D eigenvalue weighted by molar-refractivity contribution is 5.79. The number of esters is 1. The summed E-state index contributed by atoms with van der Waals surface area (Å²) in [5.41, 5.74) is -1.55. The van der Waals surface area contributed by atoms with E-state index in [1.807, 2.05) is 6.07 Å². The maximum Gasteiger partial charge on any atom is 0.346 e. The zero-order chi connectivity index (χ0) is 11.3. The van der Waals surface area contributed by atoms with E-state index in [0.29, 0.717) is 0 Å². The van der Waals surface area contributed by atoms with E-state index in [1.54, 1.807) is 24.3 Å². The summed E-state index contributed by atoms with van der Waals surface area (Å²) in [6, 6.07) is 8.95. The quantitative estimate of drug-likeness (QED) is 0.768. The Balaban J connectivity index is 2.48. The minimum absolute atomic E-state index is 0.0131. The summed E-state index contributed by atoms with van der Waals surface area (Å²) in [6.07, 6.45) is 0. The van der Waals surface area contributed by atoms with Crippen LogP contribution >= 0.6 is 0 Å². The molecule has 1 atom stereocenters. The minimum atomic E-state index is -2.32. The lowest BCUT2D eigenvalue weighted by Gasteiger charge is -2.15. The van der Waals surface area contributed by atoms with Crippen molar-refractivity contribution in [1.82, 2.24) is 0 Å². The van der Waals surface area contributed by atoms with E-state index in [0.717, 1.165) is 12.5 Å². The smallest absolute Gasteiger partial charge is 0.346 e. The van der Waals surface area contributed by atoms with Gasteiger partial charge in [-0.25, -0.2) is 9.18 Å². The first kappa shape index (κ1) is 11.7.